The summed E-state index contributed by atoms with van der Waals surface area (Å²) >= 11 is 5.35. The van der Waals surface area contributed by atoms with Crippen molar-refractivity contribution < 1.29 is 19.4 Å². The summed E-state index contributed by atoms with van der Waals surface area (Å²) in [7, 11) is 3.21. The van der Waals surface area contributed by atoms with Gasteiger partial charge in [0.15, 0.2) is 11.5 Å². The van der Waals surface area contributed by atoms with Crippen LogP contribution in [0.15, 0.2) is 28.7 Å². The first-order valence-electron chi connectivity index (χ1n) is 8.42. The molecular formula is C19H22BrNO4S. The van der Waals surface area contributed by atoms with E-state index < -0.39 is 12.0 Å². The second kappa shape index (κ2) is 7.98. The Kier molecular flexibility index (Phi) is 5.89. The van der Waals surface area contributed by atoms with Crippen molar-refractivity contribution in [2.45, 2.75) is 31.8 Å². The predicted octanol–water partition coefficient (Wildman–Crippen LogP) is 4.47. The minimum atomic E-state index is -0.766. The van der Waals surface area contributed by atoms with Crippen LogP contribution in [-0.4, -0.2) is 42.8 Å². The maximum Gasteiger partial charge on any atom is 0.320 e. The van der Waals surface area contributed by atoms with Crippen LogP contribution >= 0.6 is 27.3 Å². The zero-order chi connectivity index (χ0) is 18.8. The van der Waals surface area contributed by atoms with Gasteiger partial charge in [-0.05, 0) is 49.6 Å². The largest absolute Gasteiger partial charge is 0.493 e. The zero-order valence-corrected chi connectivity index (χ0v) is 17.4. The maximum absolute atomic E-state index is 11.8. The molecule has 7 heteroatoms. The topological polar surface area (TPSA) is 59.0 Å². The summed E-state index contributed by atoms with van der Waals surface area (Å²) in [5.41, 5.74) is 0.984. The van der Waals surface area contributed by atoms with E-state index in [4.69, 9.17) is 9.47 Å². The normalized spacial score (nSPS) is 18.7. The van der Waals surface area contributed by atoms with Gasteiger partial charge in [-0.2, -0.15) is 0 Å². The van der Waals surface area contributed by atoms with Gasteiger partial charge in [0.2, 0.25) is 0 Å². The molecule has 0 bridgehead atoms. The Balaban J connectivity index is 2.14. The number of benzene rings is 1. The van der Waals surface area contributed by atoms with Gasteiger partial charge in [-0.15, -0.1) is 11.3 Å². The first-order chi connectivity index (χ1) is 12.5. The molecule has 1 aromatic carbocycles. The van der Waals surface area contributed by atoms with Gasteiger partial charge in [0.05, 0.1) is 20.3 Å². The number of likely N-dealkylation sites (tertiary alicyclic amines) is 1. The van der Waals surface area contributed by atoms with E-state index in [9.17, 15) is 9.90 Å². The van der Waals surface area contributed by atoms with Gasteiger partial charge < -0.3 is 14.6 Å². The third-order valence-corrected chi connectivity index (χ3v) is 6.48. The van der Waals surface area contributed by atoms with Crippen molar-refractivity contribution in [2.75, 3.05) is 20.8 Å². The number of carbonyl (C=O) groups is 1. The summed E-state index contributed by atoms with van der Waals surface area (Å²) in [6, 6.07) is 7.36. The fourth-order valence-corrected chi connectivity index (χ4v) is 5.10. The molecular weight excluding hydrogens is 418 g/mol. The Morgan fingerprint density at radius 1 is 1.31 bits per heavy atom. The first kappa shape index (κ1) is 19.2. The monoisotopic (exact) mass is 439 g/mol. The molecule has 1 aliphatic rings. The Morgan fingerprint density at radius 2 is 2.00 bits per heavy atom. The van der Waals surface area contributed by atoms with Crippen LogP contribution in [0.5, 0.6) is 11.5 Å². The Morgan fingerprint density at radius 3 is 2.58 bits per heavy atom. The van der Waals surface area contributed by atoms with Gasteiger partial charge in [0.25, 0.3) is 0 Å². The minimum Gasteiger partial charge on any atom is -0.493 e. The van der Waals surface area contributed by atoms with E-state index in [1.165, 1.54) is 4.88 Å². The number of nitrogens with zero attached hydrogens (tertiary/aromatic N) is 1. The van der Waals surface area contributed by atoms with E-state index in [0.29, 0.717) is 17.9 Å². The number of aliphatic carboxylic acids is 1. The van der Waals surface area contributed by atoms with Crippen LogP contribution in [0, 0.1) is 6.92 Å². The Hall–Kier alpha value is -1.57. The fourth-order valence-electron chi connectivity index (χ4n) is 3.54. The van der Waals surface area contributed by atoms with Crippen molar-refractivity contribution in [3.05, 3.63) is 44.1 Å². The highest BCUT2D eigenvalue weighted by Gasteiger charge is 2.38. The standard InChI is InChI=1S/C19H22BrNO4S/c1-11-6-7-17(26-11)18(21-8-4-5-14(21)19(22)23)12-9-15(24-2)16(25-3)10-13(12)20/h6-7,9-10,14,18H,4-5,8H2,1-3H3,(H,22,23). The van der Waals surface area contributed by atoms with Crippen molar-refractivity contribution >= 4 is 33.2 Å². The molecule has 1 fully saturated rings. The molecule has 1 saturated heterocycles. The average Bonchev–Trinajstić information content (AvgIpc) is 3.26. The lowest BCUT2D eigenvalue weighted by Gasteiger charge is -2.32. The van der Waals surface area contributed by atoms with E-state index in [0.717, 1.165) is 27.9 Å². The van der Waals surface area contributed by atoms with Gasteiger partial charge in [-0.3, -0.25) is 9.69 Å². The molecule has 26 heavy (non-hydrogen) atoms. The number of carboxylic acids is 1. The molecule has 0 saturated carbocycles. The van der Waals surface area contributed by atoms with Gasteiger partial charge in [0, 0.05) is 20.8 Å². The molecule has 5 nitrogen and oxygen atoms in total. The lowest BCUT2D eigenvalue weighted by atomic mass is 10.0. The number of ether oxygens (including phenoxy) is 2. The zero-order valence-electron chi connectivity index (χ0n) is 15.0. The molecule has 2 unspecified atom stereocenters. The molecule has 2 aromatic rings. The Bertz CT molecular complexity index is 807. The van der Waals surface area contributed by atoms with Crippen LogP contribution in [0.25, 0.3) is 0 Å². The van der Waals surface area contributed by atoms with Gasteiger partial charge in [0.1, 0.15) is 6.04 Å². The molecule has 140 valence electrons. The van der Waals surface area contributed by atoms with Crippen LogP contribution in [0.2, 0.25) is 0 Å². The predicted molar refractivity (Wildman–Crippen MR) is 106 cm³/mol. The number of carboxylic acid groups (broad SMARTS) is 1. The second-order valence-electron chi connectivity index (χ2n) is 6.31. The third-order valence-electron chi connectivity index (χ3n) is 4.74. The first-order valence-corrected chi connectivity index (χ1v) is 10.0. The van der Waals surface area contributed by atoms with Gasteiger partial charge >= 0.3 is 5.97 Å². The SMILES string of the molecule is COc1cc(Br)c(C(c2ccc(C)s2)N2CCCC2C(=O)O)cc1OC. The second-order valence-corrected chi connectivity index (χ2v) is 8.49. The van der Waals surface area contributed by atoms with Gasteiger partial charge in [-0.1, -0.05) is 15.9 Å². The molecule has 1 N–H and O–H groups in total. The van der Waals surface area contributed by atoms with E-state index in [1.54, 1.807) is 25.6 Å². The van der Waals surface area contributed by atoms with Crippen molar-refractivity contribution in [2.24, 2.45) is 0 Å². The summed E-state index contributed by atoms with van der Waals surface area (Å²) in [6.45, 7) is 2.81. The van der Waals surface area contributed by atoms with E-state index in [2.05, 4.69) is 39.9 Å². The summed E-state index contributed by atoms with van der Waals surface area (Å²) in [6.07, 6.45) is 1.55. The van der Waals surface area contributed by atoms with Crippen LogP contribution in [0.4, 0.5) is 0 Å². The molecule has 1 aromatic heterocycles. The summed E-state index contributed by atoms with van der Waals surface area (Å²) < 4.78 is 11.7. The van der Waals surface area contributed by atoms with Crippen molar-refractivity contribution in [1.29, 1.82) is 0 Å². The summed E-state index contributed by atoms with van der Waals surface area (Å²) in [4.78, 5) is 16.2. The Labute approximate surface area is 165 Å². The highest BCUT2D eigenvalue weighted by atomic mass is 79.9. The van der Waals surface area contributed by atoms with Gasteiger partial charge in [-0.25, -0.2) is 0 Å². The summed E-state index contributed by atoms with van der Waals surface area (Å²) in [5, 5.41) is 9.69. The van der Waals surface area contributed by atoms with Crippen LogP contribution in [0.3, 0.4) is 0 Å². The molecule has 2 atom stereocenters. The van der Waals surface area contributed by atoms with E-state index in [-0.39, 0.29) is 6.04 Å². The quantitative estimate of drug-likeness (QED) is 0.718. The minimum absolute atomic E-state index is 0.147. The molecule has 0 spiro atoms. The lowest BCUT2D eigenvalue weighted by molar-refractivity contribution is -0.142. The molecule has 0 amide bonds. The van der Waals surface area contributed by atoms with Crippen molar-refractivity contribution in [3.8, 4) is 11.5 Å². The number of thiophene rings is 1. The maximum atomic E-state index is 11.8. The number of halogens is 1. The molecule has 2 heterocycles. The number of methoxy groups -OCH3 is 2. The fraction of sp³-hybridized carbons (Fsp3) is 0.421. The highest BCUT2D eigenvalue weighted by Crippen LogP contribution is 2.44. The molecule has 3 rings (SSSR count). The smallest absolute Gasteiger partial charge is 0.320 e. The van der Waals surface area contributed by atoms with Crippen molar-refractivity contribution in [3.63, 3.8) is 0 Å². The van der Waals surface area contributed by atoms with E-state index in [1.807, 2.05) is 12.1 Å². The number of hydrogen-bond donors (Lipinski definition) is 1. The van der Waals surface area contributed by atoms with Crippen LogP contribution < -0.4 is 9.47 Å². The average molecular weight is 440 g/mol. The lowest BCUT2D eigenvalue weighted by Crippen LogP contribution is -2.39. The van der Waals surface area contributed by atoms with E-state index >= 15 is 0 Å². The number of hydrogen-bond acceptors (Lipinski definition) is 5. The molecule has 0 aliphatic carbocycles. The third kappa shape index (κ3) is 3.61. The summed E-state index contributed by atoms with van der Waals surface area (Å²) in [5.74, 6) is 0.507. The number of aryl methyl sites for hydroxylation is 1. The molecule has 1 aliphatic heterocycles. The number of rotatable bonds is 6. The highest BCUT2D eigenvalue weighted by molar-refractivity contribution is 9.10. The van der Waals surface area contributed by atoms with Crippen molar-refractivity contribution in [1.82, 2.24) is 4.90 Å². The van der Waals surface area contributed by atoms with Crippen LogP contribution in [-0.2, 0) is 4.79 Å². The molecule has 0 radical (unpaired) electrons. The van der Waals surface area contributed by atoms with Crippen LogP contribution in [0.1, 0.15) is 34.2 Å².